The zero-order valence-electron chi connectivity index (χ0n) is 9.99. The van der Waals surface area contributed by atoms with E-state index in [9.17, 15) is 10.1 Å². The van der Waals surface area contributed by atoms with E-state index in [0.29, 0.717) is 16.9 Å². The van der Waals surface area contributed by atoms with Crippen molar-refractivity contribution in [1.82, 2.24) is 15.0 Å². The fraction of sp³-hybridized carbons (Fsp3) is 0.273. The van der Waals surface area contributed by atoms with Gasteiger partial charge >= 0.3 is 0 Å². The van der Waals surface area contributed by atoms with Crippen LogP contribution in [0.5, 0.6) is 0 Å². The molecule has 0 saturated heterocycles. The Bertz CT molecular complexity index is 606. The van der Waals surface area contributed by atoms with Crippen molar-refractivity contribution in [1.29, 1.82) is 0 Å². The van der Waals surface area contributed by atoms with Crippen LogP contribution in [-0.2, 0) is 6.61 Å². The van der Waals surface area contributed by atoms with Gasteiger partial charge in [0.2, 0.25) is 0 Å². The summed E-state index contributed by atoms with van der Waals surface area (Å²) in [6.07, 6.45) is 1.54. The summed E-state index contributed by atoms with van der Waals surface area (Å²) in [6, 6.07) is 3.19. The first-order valence-corrected chi connectivity index (χ1v) is 5.31. The van der Waals surface area contributed by atoms with Crippen molar-refractivity contribution < 1.29 is 10.0 Å². The number of hydrogen-bond donors (Lipinski definition) is 1. The van der Waals surface area contributed by atoms with E-state index in [-0.39, 0.29) is 12.3 Å². The van der Waals surface area contributed by atoms with Gasteiger partial charge in [-0.25, -0.2) is 4.68 Å². The molecule has 0 unspecified atom stereocenters. The van der Waals surface area contributed by atoms with Crippen molar-refractivity contribution in [2.45, 2.75) is 20.5 Å². The van der Waals surface area contributed by atoms with Crippen LogP contribution in [0.4, 0.5) is 5.69 Å². The molecule has 0 saturated carbocycles. The molecule has 18 heavy (non-hydrogen) atoms. The van der Waals surface area contributed by atoms with Crippen LogP contribution < -0.4 is 0 Å². The summed E-state index contributed by atoms with van der Waals surface area (Å²) in [5.74, 6) is 0. The molecule has 2 rings (SSSR count). The molecule has 7 nitrogen and oxygen atoms in total. The van der Waals surface area contributed by atoms with Gasteiger partial charge in [-0.3, -0.25) is 10.1 Å². The normalized spacial score (nSPS) is 10.6. The van der Waals surface area contributed by atoms with Gasteiger partial charge < -0.3 is 5.11 Å². The number of hydrogen-bond acceptors (Lipinski definition) is 5. The zero-order chi connectivity index (χ0) is 13.3. The molecule has 2 aromatic rings. The summed E-state index contributed by atoms with van der Waals surface area (Å²) in [4.78, 5) is 10.5. The Morgan fingerprint density at radius 1 is 1.39 bits per heavy atom. The third-order valence-corrected chi connectivity index (χ3v) is 2.66. The second-order valence-electron chi connectivity index (χ2n) is 3.99. The van der Waals surface area contributed by atoms with E-state index in [0.717, 1.165) is 5.56 Å². The molecule has 0 aliphatic carbocycles. The Morgan fingerprint density at radius 2 is 2.11 bits per heavy atom. The van der Waals surface area contributed by atoms with Crippen LogP contribution in [0.25, 0.3) is 5.69 Å². The number of benzene rings is 1. The minimum Gasteiger partial charge on any atom is -0.390 e. The predicted octanol–water partition coefficient (Wildman–Crippen LogP) is 1.28. The minimum absolute atomic E-state index is 0.0386. The highest BCUT2D eigenvalue weighted by molar-refractivity contribution is 5.53. The summed E-state index contributed by atoms with van der Waals surface area (Å²) in [6.45, 7) is 3.31. The average molecular weight is 248 g/mol. The lowest BCUT2D eigenvalue weighted by Gasteiger charge is -2.06. The number of aliphatic hydroxyl groups excluding tert-OH is 1. The van der Waals surface area contributed by atoms with Crippen LogP contribution >= 0.6 is 0 Å². The number of aromatic nitrogens is 3. The Balaban J connectivity index is 2.56. The monoisotopic (exact) mass is 248 g/mol. The lowest BCUT2D eigenvalue weighted by Crippen LogP contribution is -2.01. The maximum Gasteiger partial charge on any atom is 0.274 e. The van der Waals surface area contributed by atoms with Crippen molar-refractivity contribution in [2.24, 2.45) is 0 Å². The predicted molar refractivity (Wildman–Crippen MR) is 63.4 cm³/mol. The molecule has 0 aliphatic rings. The molecule has 1 heterocycles. The minimum atomic E-state index is -0.428. The number of aryl methyl sites for hydroxylation is 2. The van der Waals surface area contributed by atoms with E-state index in [1.807, 2.05) is 6.92 Å². The molecular weight excluding hydrogens is 236 g/mol. The number of nitro benzene ring substituents is 1. The van der Waals surface area contributed by atoms with E-state index >= 15 is 0 Å². The van der Waals surface area contributed by atoms with Gasteiger partial charge in [0.25, 0.3) is 5.69 Å². The highest BCUT2D eigenvalue weighted by Crippen LogP contribution is 2.24. The number of rotatable bonds is 3. The van der Waals surface area contributed by atoms with Crippen LogP contribution in [-0.4, -0.2) is 25.0 Å². The maximum absolute atomic E-state index is 10.9. The number of nitro groups is 1. The highest BCUT2D eigenvalue weighted by Gasteiger charge is 2.15. The SMILES string of the molecule is Cc1cc(C)c([N+](=O)[O-])cc1-n1cc(CO)nn1. The topological polar surface area (TPSA) is 94.1 Å². The molecule has 0 bridgehead atoms. The summed E-state index contributed by atoms with van der Waals surface area (Å²) >= 11 is 0. The molecule has 1 N–H and O–H groups in total. The molecule has 0 atom stereocenters. The average Bonchev–Trinajstić information content (AvgIpc) is 2.77. The first kappa shape index (κ1) is 12.2. The summed E-state index contributed by atoms with van der Waals surface area (Å²) in [5, 5.41) is 27.4. The van der Waals surface area contributed by atoms with E-state index in [2.05, 4.69) is 10.3 Å². The number of aliphatic hydroxyl groups is 1. The third-order valence-electron chi connectivity index (χ3n) is 2.66. The molecule has 0 fully saturated rings. The molecule has 0 radical (unpaired) electrons. The van der Waals surface area contributed by atoms with Crippen LogP contribution in [0.3, 0.4) is 0 Å². The molecule has 7 heteroatoms. The molecule has 0 spiro atoms. The van der Waals surface area contributed by atoms with Gasteiger partial charge in [-0.2, -0.15) is 0 Å². The Morgan fingerprint density at radius 3 is 2.67 bits per heavy atom. The maximum atomic E-state index is 10.9. The van der Waals surface area contributed by atoms with E-state index in [1.165, 1.54) is 10.7 Å². The van der Waals surface area contributed by atoms with Crippen molar-refractivity contribution in [3.05, 3.63) is 45.3 Å². The first-order valence-electron chi connectivity index (χ1n) is 5.31. The lowest BCUT2D eigenvalue weighted by molar-refractivity contribution is -0.385. The van der Waals surface area contributed by atoms with E-state index < -0.39 is 4.92 Å². The quantitative estimate of drug-likeness (QED) is 0.652. The van der Waals surface area contributed by atoms with E-state index in [4.69, 9.17) is 5.11 Å². The fourth-order valence-electron chi connectivity index (χ4n) is 1.76. The molecular formula is C11H12N4O3. The van der Waals surface area contributed by atoms with Crippen LogP contribution in [0.15, 0.2) is 18.3 Å². The third kappa shape index (κ3) is 2.07. The van der Waals surface area contributed by atoms with Gasteiger partial charge in [0.1, 0.15) is 5.69 Å². The van der Waals surface area contributed by atoms with Crippen LogP contribution in [0.1, 0.15) is 16.8 Å². The number of nitrogens with zero attached hydrogens (tertiary/aromatic N) is 4. The fourth-order valence-corrected chi connectivity index (χ4v) is 1.76. The largest absolute Gasteiger partial charge is 0.390 e. The van der Waals surface area contributed by atoms with Crippen LogP contribution in [0.2, 0.25) is 0 Å². The van der Waals surface area contributed by atoms with Gasteiger partial charge in [0.05, 0.1) is 23.4 Å². The van der Waals surface area contributed by atoms with Crippen molar-refractivity contribution >= 4 is 5.69 Å². The summed E-state index contributed by atoms with van der Waals surface area (Å²) in [5.41, 5.74) is 2.49. The molecule has 0 aliphatic heterocycles. The first-order chi connectivity index (χ1) is 8.52. The Hall–Kier alpha value is -2.28. The van der Waals surface area contributed by atoms with Gasteiger partial charge in [0.15, 0.2) is 0 Å². The van der Waals surface area contributed by atoms with E-state index in [1.54, 1.807) is 19.2 Å². The second-order valence-corrected chi connectivity index (χ2v) is 3.99. The summed E-state index contributed by atoms with van der Waals surface area (Å²) in [7, 11) is 0. The lowest BCUT2D eigenvalue weighted by atomic mass is 10.1. The molecule has 0 amide bonds. The van der Waals surface area contributed by atoms with Gasteiger partial charge in [-0.05, 0) is 25.5 Å². The smallest absolute Gasteiger partial charge is 0.274 e. The van der Waals surface area contributed by atoms with Crippen molar-refractivity contribution in [3.8, 4) is 5.69 Å². The Kier molecular flexibility index (Phi) is 3.07. The summed E-state index contributed by atoms with van der Waals surface area (Å²) < 4.78 is 1.42. The molecule has 1 aromatic carbocycles. The van der Waals surface area contributed by atoms with Crippen molar-refractivity contribution in [2.75, 3.05) is 0 Å². The standard InChI is InChI=1S/C11H12N4O3/c1-7-3-8(2)11(15(17)18)4-10(7)14-5-9(6-16)12-13-14/h3-5,16H,6H2,1-2H3. The van der Waals surface area contributed by atoms with Crippen LogP contribution in [0, 0.1) is 24.0 Å². The Labute approximate surface area is 103 Å². The highest BCUT2D eigenvalue weighted by atomic mass is 16.6. The molecule has 1 aromatic heterocycles. The van der Waals surface area contributed by atoms with Gasteiger partial charge in [-0.15, -0.1) is 5.10 Å². The van der Waals surface area contributed by atoms with Crippen molar-refractivity contribution in [3.63, 3.8) is 0 Å². The second kappa shape index (κ2) is 4.53. The molecule has 94 valence electrons. The zero-order valence-corrected chi connectivity index (χ0v) is 9.99. The van der Waals surface area contributed by atoms with Gasteiger partial charge in [-0.1, -0.05) is 5.21 Å². The van der Waals surface area contributed by atoms with Gasteiger partial charge in [0, 0.05) is 11.6 Å².